The molecule has 0 aromatic heterocycles. The lowest BCUT2D eigenvalue weighted by Crippen LogP contribution is -2.69. The SMILES string of the molecule is NCCCNC[C@H]1O[C@H](O[C@H]2[C@H](O)[C@@H](O[C@H]3O[C@H](CO)[C@@H](O)[C@H](N)[C@H]3O)[C@H](NC(=O)C3(O)CC3N)C[C@@H]2N)[C@H](N)C[C@@H]1O. The van der Waals surface area contributed by atoms with Crippen LogP contribution in [0, 0.1) is 0 Å². The number of hydrogen-bond acceptors (Lipinski definition) is 17. The molecule has 4 fully saturated rings. The summed E-state index contributed by atoms with van der Waals surface area (Å²) >= 11 is 0. The number of rotatable bonds is 12. The Morgan fingerprint density at radius 1 is 0.907 bits per heavy atom. The van der Waals surface area contributed by atoms with Gasteiger partial charge in [0, 0.05) is 25.0 Å². The quantitative estimate of drug-likeness (QED) is 0.0897. The third kappa shape index (κ3) is 7.63. The minimum atomic E-state index is -1.79. The molecule has 250 valence electrons. The summed E-state index contributed by atoms with van der Waals surface area (Å²) in [4.78, 5) is 12.9. The van der Waals surface area contributed by atoms with E-state index in [1.54, 1.807) is 0 Å². The van der Waals surface area contributed by atoms with E-state index < -0.39 is 110 Å². The summed E-state index contributed by atoms with van der Waals surface area (Å²) in [5.41, 5.74) is 28.0. The molecule has 2 unspecified atom stereocenters. The number of carbonyl (C=O) groups is 1. The van der Waals surface area contributed by atoms with Crippen molar-refractivity contribution >= 4 is 5.91 Å². The summed E-state index contributed by atoms with van der Waals surface area (Å²) in [6, 6.07) is -4.73. The maximum atomic E-state index is 12.9. The number of amides is 1. The van der Waals surface area contributed by atoms with Gasteiger partial charge in [0.1, 0.15) is 36.6 Å². The van der Waals surface area contributed by atoms with E-state index in [9.17, 15) is 35.4 Å². The number of nitrogens with one attached hydrogen (secondary N) is 2. The Hall–Kier alpha value is -1.17. The maximum absolute atomic E-state index is 12.9. The summed E-state index contributed by atoms with van der Waals surface area (Å²) in [5, 5.41) is 68.8. The van der Waals surface area contributed by atoms with Crippen LogP contribution in [0.5, 0.6) is 0 Å². The molecule has 0 aromatic carbocycles. The molecule has 18 N–H and O–H groups in total. The van der Waals surface area contributed by atoms with Crippen molar-refractivity contribution in [3.63, 3.8) is 0 Å². The van der Waals surface area contributed by atoms with Crippen LogP contribution < -0.4 is 39.3 Å². The molecule has 43 heavy (non-hydrogen) atoms. The van der Waals surface area contributed by atoms with E-state index >= 15 is 0 Å². The molecule has 18 nitrogen and oxygen atoms in total. The van der Waals surface area contributed by atoms with Crippen LogP contribution in [0.25, 0.3) is 0 Å². The molecule has 2 aliphatic heterocycles. The van der Waals surface area contributed by atoms with Crippen molar-refractivity contribution in [1.29, 1.82) is 0 Å². The Bertz CT molecular complexity index is 927. The number of aliphatic hydroxyl groups excluding tert-OH is 5. The van der Waals surface area contributed by atoms with Crippen LogP contribution in [-0.4, -0.2) is 160 Å². The van der Waals surface area contributed by atoms with Crippen molar-refractivity contribution in [2.45, 2.75) is 123 Å². The fraction of sp³-hybridized carbons (Fsp3) is 0.960. The predicted molar refractivity (Wildman–Crippen MR) is 147 cm³/mol. The van der Waals surface area contributed by atoms with E-state index in [0.29, 0.717) is 19.6 Å². The molecular formula is C25H49N7O11. The number of carbonyl (C=O) groups excluding carboxylic acids is 1. The van der Waals surface area contributed by atoms with Crippen molar-refractivity contribution in [3.05, 3.63) is 0 Å². The van der Waals surface area contributed by atoms with Crippen LogP contribution in [0.3, 0.4) is 0 Å². The minimum absolute atomic E-state index is 0.0287. The van der Waals surface area contributed by atoms with Gasteiger partial charge in [-0.25, -0.2) is 0 Å². The predicted octanol–water partition coefficient (Wildman–Crippen LogP) is -7.70. The standard InChI is InChI=1S/C25H49N7O11/c26-2-1-3-31-7-13-12(34)5-10(28)22(40-13)42-20-9(27)4-11(32-24(38)25(39)6-15(25)29)21(19(20)37)43-23-18(36)16(30)17(35)14(8-33)41-23/h9-23,31,33-37,39H,1-8,26-30H2,(H,32,38)/t9-,10+,11+,12-,13+,14+,15?,16-,17+,18+,19-,20+,21-,22+,23+,25?/m0/s1. The summed E-state index contributed by atoms with van der Waals surface area (Å²) in [5.74, 6) is -0.792. The second kappa shape index (κ2) is 14.5. The van der Waals surface area contributed by atoms with Gasteiger partial charge in [-0.05, 0) is 32.4 Å². The lowest BCUT2D eigenvalue weighted by atomic mass is 9.83. The van der Waals surface area contributed by atoms with E-state index in [0.717, 1.165) is 6.42 Å². The van der Waals surface area contributed by atoms with Gasteiger partial charge < -0.3 is 88.9 Å². The average Bonchev–Trinajstić information content (AvgIpc) is 3.59. The van der Waals surface area contributed by atoms with Crippen molar-refractivity contribution < 1.29 is 54.4 Å². The zero-order valence-corrected chi connectivity index (χ0v) is 23.9. The lowest BCUT2D eigenvalue weighted by Gasteiger charge is -2.48. The molecule has 0 bridgehead atoms. The zero-order valence-electron chi connectivity index (χ0n) is 23.9. The molecular weight excluding hydrogens is 574 g/mol. The van der Waals surface area contributed by atoms with Gasteiger partial charge in [0.15, 0.2) is 18.2 Å². The Balaban J connectivity index is 1.51. The maximum Gasteiger partial charge on any atom is 0.253 e. The lowest BCUT2D eigenvalue weighted by molar-refractivity contribution is -0.316. The van der Waals surface area contributed by atoms with Gasteiger partial charge in [0.05, 0.1) is 36.9 Å². The van der Waals surface area contributed by atoms with E-state index in [4.69, 9.17) is 47.6 Å². The first-order chi connectivity index (χ1) is 20.3. The summed E-state index contributed by atoms with van der Waals surface area (Å²) in [6.45, 7) is 0.780. The first-order valence-corrected chi connectivity index (χ1v) is 14.7. The fourth-order valence-electron chi connectivity index (χ4n) is 5.80. The minimum Gasteiger partial charge on any atom is -0.394 e. The molecule has 2 aliphatic carbocycles. The van der Waals surface area contributed by atoms with Crippen LogP contribution >= 0.6 is 0 Å². The molecule has 1 amide bonds. The fourth-order valence-corrected chi connectivity index (χ4v) is 5.80. The zero-order chi connectivity index (χ0) is 31.6. The van der Waals surface area contributed by atoms with Gasteiger partial charge in [-0.15, -0.1) is 0 Å². The molecule has 2 heterocycles. The van der Waals surface area contributed by atoms with Gasteiger partial charge in [-0.1, -0.05) is 0 Å². The van der Waals surface area contributed by atoms with Crippen LogP contribution in [0.2, 0.25) is 0 Å². The number of ether oxygens (including phenoxy) is 4. The van der Waals surface area contributed by atoms with Gasteiger partial charge >= 0.3 is 0 Å². The van der Waals surface area contributed by atoms with E-state index in [2.05, 4.69) is 10.6 Å². The molecule has 18 heteroatoms. The molecule has 2 saturated heterocycles. The van der Waals surface area contributed by atoms with Crippen LogP contribution in [0.15, 0.2) is 0 Å². The Labute approximate surface area is 249 Å². The van der Waals surface area contributed by atoms with E-state index in [1.165, 1.54) is 0 Å². The Morgan fingerprint density at radius 3 is 2.19 bits per heavy atom. The molecule has 16 atom stereocenters. The first-order valence-electron chi connectivity index (χ1n) is 14.7. The third-order valence-electron chi connectivity index (χ3n) is 8.74. The first kappa shape index (κ1) is 34.7. The van der Waals surface area contributed by atoms with Crippen molar-refractivity contribution in [3.8, 4) is 0 Å². The molecule has 4 rings (SSSR count). The highest BCUT2D eigenvalue weighted by molar-refractivity contribution is 5.89. The normalized spacial score (nSPS) is 48.6. The average molecular weight is 624 g/mol. The molecule has 0 radical (unpaired) electrons. The second-order valence-electron chi connectivity index (χ2n) is 12.0. The van der Waals surface area contributed by atoms with Crippen molar-refractivity contribution in [2.75, 3.05) is 26.2 Å². The number of hydrogen-bond donors (Lipinski definition) is 13. The third-order valence-corrected chi connectivity index (χ3v) is 8.74. The monoisotopic (exact) mass is 623 g/mol. The highest BCUT2D eigenvalue weighted by Crippen LogP contribution is 2.36. The van der Waals surface area contributed by atoms with Gasteiger partial charge in [-0.2, -0.15) is 0 Å². The second-order valence-corrected chi connectivity index (χ2v) is 12.0. The summed E-state index contributed by atoms with van der Waals surface area (Å²) in [7, 11) is 0. The van der Waals surface area contributed by atoms with Crippen molar-refractivity contribution in [2.24, 2.45) is 28.7 Å². The molecule has 4 aliphatic rings. The summed E-state index contributed by atoms with van der Waals surface area (Å²) in [6.07, 6.45) is -11.6. The molecule has 0 aromatic rings. The topological polar surface area (TPSA) is 330 Å². The molecule has 2 saturated carbocycles. The highest BCUT2D eigenvalue weighted by atomic mass is 16.7. The van der Waals surface area contributed by atoms with Crippen LogP contribution in [0.1, 0.15) is 25.7 Å². The van der Waals surface area contributed by atoms with Crippen LogP contribution in [0.4, 0.5) is 0 Å². The number of aliphatic hydroxyl groups is 6. The van der Waals surface area contributed by atoms with E-state index in [-0.39, 0.29) is 19.3 Å². The van der Waals surface area contributed by atoms with Crippen molar-refractivity contribution in [1.82, 2.24) is 10.6 Å². The Morgan fingerprint density at radius 2 is 1.56 bits per heavy atom. The van der Waals surface area contributed by atoms with Gasteiger partial charge in [0.2, 0.25) is 0 Å². The Kier molecular flexibility index (Phi) is 11.7. The van der Waals surface area contributed by atoms with Gasteiger partial charge in [0.25, 0.3) is 5.91 Å². The van der Waals surface area contributed by atoms with Gasteiger partial charge in [-0.3, -0.25) is 4.79 Å². The van der Waals surface area contributed by atoms with E-state index in [1.807, 2.05) is 0 Å². The van der Waals surface area contributed by atoms with Crippen LogP contribution in [-0.2, 0) is 23.7 Å². The molecule has 0 spiro atoms. The number of nitrogens with two attached hydrogens (primary N) is 5. The highest BCUT2D eigenvalue weighted by Gasteiger charge is 2.59. The smallest absolute Gasteiger partial charge is 0.253 e. The largest absolute Gasteiger partial charge is 0.394 e. The summed E-state index contributed by atoms with van der Waals surface area (Å²) < 4.78 is 23.6.